The van der Waals surface area contributed by atoms with E-state index in [4.69, 9.17) is 23.1 Å². The minimum atomic E-state index is -0.611. The van der Waals surface area contributed by atoms with Gasteiger partial charge < -0.3 is 11.5 Å². The first kappa shape index (κ1) is 21.0. The van der Waals surface area contributed by atoms with E-state index in [0.29, 0.717) is 3.92 Å². The summed E-state index contributed by atoms with van der Waals surface area (Å²) in [5, 5.41) is 0. The second kappa shape index (κ2) is 7.96. The monoisotopic (exact) mass is 504 g/mol. The van der Waals surface area contributed by atoms with E-state index in [0.717, 1.165) is 22.5 Å². The van der Waals surface area contributed by atoms with Crippen molar-refractivity contribution < 1.29 is 0 Å². The van der Waals surface area contributed by atoms with Crippen LogP contribution < -0.4 is 11.5 Å². The van der Waals surface area contributed by atoms with Gasteiger partial charge in [-0.05, 0) is 53.4 Å². The first-order valence-corrected chi connectivity index (χ1v) is 10.9. The molecule has 0 saturated heterocycles. The fraction of sp³-hybridized carbons (Fsp3) is 0.250. The Labute approximate surface area is 186 Å². The number of hydrogen-bond acceptors (Lipinski definition) is 2. The molecule has 3 unspecified atom stereocenters. The molecule has 0 bridgehead atoms. The van der Waals surface area contributed by atoms with Crippen molar-refractivity contribution in [3.8, 4) is 0 Å². The largest absolute Gasteiger partial charge is 0.399 e. The summed E-state index contributed by atoms with van der Waals surface area (Å²) in [6, 6.07) is 24.6. The third-order valence-corrected chi connectivity index (χ3v) is 7.47. The highest BCUT2D eigenvalue weighted by Crippen LogP contribution is 2.41. The van der Waals surface area contributed by atoms with Gasteiger partial charge in [0.2, 0.25) is 0 Å². The molecule has 3 aromatic carbocycles. The lowest BCUT2D eigenvalue weighted by atomic mass is 9.73. The predicted molar refractivity (Wildman–Crippen MR) is 130 cm³/mol. The van der Waals surface area contributed by atoms with Crippen molar-refractivity contribution in [1.29, 1.82) is 0 Å². The predicted octanol–water partition coefficient (Wildman–Crippen LogP) is 6.48. The zero-order chi connectivity index (χ0) is 20.5. The zero-order valence-corrected chi connectivity index (χ0v) is 19.3. The number of rotatable bonds is 5. The molecular formula is C24H26ClIN2. The van der Waals surface area contributed by atoms with Gasteiger partial charge in [0, 0.05) is 20.7 Å². The lowest BCUT2D eigenvalue weighted by molar-refractivity contribution is 0.579. The standard InChI is InChI=1S/C24H26ClIN2/c1-16(26)23(2,18-8-12-21(27)13-9-18)17-4-6-19(7-5-17)24(3,25)20-10-14-22(28)15-11-20/h4-16H,27-28H2,1-3H3. The number of benzene rings is 3. The molecule has 0 spiro atoms. The van der Waals surface area contributed by atoms with E-state index in [2.05, 4.69) is 72.8 Å². The summed E-state index contributed by atoms with van der Waals surface area (Å²) in [5.74, 6) is 0. The topological polar surface area (TPSA) is 52.0 Å². The van der Waals surface area contributed by atoms with Gasteiger partial charge in [-0.15, -0.1) is 11.6 Å². The van der Waals surface area contributed by atoms with E-state index in [-0.39, 0.29) is 5.41 Å². The van der Waals surface area contributed by atoms with Gasteiger partial charge in [0.25, 0.3) is 0 Å². The molecule has 0 aliphatic heterocycles. The maximum Gasteiger partial charge on any atom is 0.0916 e. The summed E-state index contributed by atoms with van der Waals surface area (Å²) >= 11 is 9.45. The van der Waals surface area contributed by atoms with Gasteiger partial charge in [-0.3, -0.25) is 0 Å². The Bertz CT molecular complexity index is 932. The van der Waals surface area contributed by atoms with Crippen LogP contribution >= 0.6 is 34.2 Å². The lowest BCUT2D eigenvalue weighted by Crippen LogP contribution is -2.32. The molecule has 0 fully saturated rings. The van der Waals surface area contributed by atoms with Crippen LogP contribution in [0, 0.1) is 0 Å². The highest BCUT2D eigenvalue weighted by Gasteiger charge is 2.34. The second-order valence-electron chi connectivity index (χ2n) is 7.64. The summed E-state index contributed by atoms with van der Waals surface area (Å²) < 4.78 is 0.388. The molecular weight excluding hydrogens is 479 g/mol. The SMILES string of the molecule is CC(I)C(C)(c1ccc(N)cc1)c1ccc(C(C)(Cl)c2ccc(N)cc2)cc1. The average Bonchev–Trinajstić information content (AvgIpc) is 2.68. The van der Waals surface area contributed by atoms with Crippen molar-refractivity contribution in [1.82, 2.24) is 0 Å². The Balaban J connectivity index is 2.00. The molecule has 0 aromatic heterocycles. The Hall–Kier alpha value is -1.72. The summed E-state index contributed by atoms with van der Waals surface area (Å²) in [6.07, 6.45) is 0. The normalized spacial score (nSPS) is 16.8. The van der Waals surface area contributed by atoms with Crippen molar-refractivity contribution in [3.05, 3.63) is 95.1 Å². The molecule has 0 heterocycles. The summed E-state index contributed by atoms with van der Waals surface area (Å²) in [7, 11) is 0. The van der Waals surface area contributed by atoms with Gasteiger partial charge >= 0.3 is 0 Å². The molecule has 0 radical (unpaired) electrons. The Kier molecular flexibility index (Phi) is 5.97. The molecule has 4 N–H and O–H groups in total. The Morgan fingerprint density at radius 3 is 1.32 bits per heavy atom. The van der Waals surface area contributed by atoms with Gasteiger partial charge in [-0.1, -0.05) is 85.0 Å². The van der Waals surface area contributed by atoms with E-state index in [1.165, 1.54) is 11.1 Å². The van der Waals surface area contributed by atoms with E-state index < -0.39 is 4.87 Å². The quantitative estimate of drug-likeness (QED) is 0.237. The van der Waals surface area contributed by atoms with E-state index in [9.17, 15) is 0 Å². The molecule has 2 nitrogen and oxygen atoms in total. The molecule has 0 aliphatic rings. The summed E-state index contributed by atoms with van der Waals surface area (Å²) in [4.78, 5) is -0.611. The van der Waals surface area contributed by atoms with Gasteiger partial charge in [-0.2, -0.15) is 0 Å². The van der Waals surface area contributed by atoms with E-state index in [1.54, 1.807) is 0 Å². The van der Waals surface area contributed by atoms with Gasteiger partial charge in [0.1, 0.15) is 0 Å². The summed E-state index contributed by atoms with van der Waals surface area (Å²) in [6.45, 7) is 6.55. The smallest absolute Gasteiger partial charge is 0.0916 e. The van der Waals surface area contributed by atoms with Gasteiger partial charge in [0.15, 0.2) is 0 Å². The second-order valence-corrected chi connectivity index (χ2v) is 10.3. The highest BCUT2D eigenvalue weighted by molar-refractivity contribution is 14.1. The number of alkyl halides is 2. The maximum absolute atomic E-state index is 6.95. The van der Waals surface area contributed by atoms with E-state index in [1.807, 2.05) is 43.3 Å². The molecule has 3 rings (SSSR count). The number of anilines is 2. The van der Waals surface area contributed by atoms with Crippen LogP contribution in [0.3, 0.4) is 0 Å². The third kappa shape index (κ3) is 3.87. The van der Waals surface area contributed by atoms with Crippen LogP contribution in [0.1, 0.15) is 43.0 Å². The molecule has 3 atom stereocenters. The number of halogens is 2. The van der Waals surface area contributed by atoms with Gasteiger partial charge in [0.05, 0.1) is 4.87 Å². The summed E-state index contributed by atoms with van der Waals surface area (Å²) in [5.41, 5.74) is 17.7. The van der Waals surface area contributed by atoms with Crippen LogP contribution in [0.5, 0.6) is 0 Å². The average molecular weight is 505 g/mol. The minimum Gasteiger partial charge on any atom is -0.399 e. The van der Waals surface area contributed by atoms with Gasteiger partial charge in [-0.25, -0.2) is 0 Å². The van der Waals surface area contributed by atoms with Crippen LogP contribution in [0.15, 0.2) is 72.8 Å². The fourth-order valence-corrected chi connectivity index (χ4v) is 4.52. The van der Waals surface area contributed by atoms with Crippen molar-refractivity contribution in [3.63, 3.8) is 0 Å². The van der Waals surface area contributed by atoms with Crippen LogP contribution in [-0.4, -0.2) is 3.92 Å². The molecule has 28 heavy (non-hydrogen) atoms. The number of nitrogen functional groups attached to an aromatic ring is 2. The van der Waals surface area contributed by atoms with Crippen LogP contribution in [0.25, 0.3) is 0 Å². The highest BCUT2D eigenvalue weighted by atomic mass is 127. The lowest BCUT2D eigenvalue weighted by Gasteiger charge is -2.35. The molecule has 146 valence electrons. The van der Waals surface area contributed by atoms with Crippen molar-refractivity contribution in [2.75, 3.05) is 11.5 Å². The molecule has 0 aliphatic carbocycles. The molecule has 4 heteroatoms. The van der Waals surface area contributed by atoms with Crippen LogP contribution in [-0.2, 0) is 10.3 Å². The molecule has 3 aromatic rings. The van der Waals surface area contributed by atoms with Crippen molar-refractivity contribution >= 4 is 45.6 Å². The number of hydrogen-bond donors (Lipinski definition) is 2. The Morgan fingerprint density at radius 1 is 0.679 bits per heavy atom. The first-order chi connectivity index (χ1) is 13.2. The first-order valence-electron chi connectivity index (χ1n) is 9.31. The van der Waals surface area contributed by atoms with Crippen molar-refractivity contribution in [2.45, 2.75) is 35.0 Å². The van der Waals surface area contributed by atoms with Crippen LogP contribution in [0.2, 0.25) is 0 Å². The molecule has 0 saturated carbocycles. The fourth-order valence-electron chi connectivity index (χ4n) is 3.55. The zero-order valence-electron chi connectivity index (χ0n) is 16.4. The van der Waals surface area contributed by atoms with Crippen molar-refractivity contribution in [2.24, 2.45) is 0 Å². The Morgan fingerprint density at radius 2 is 0.964 bits per heavy atom. The van der Waals surface area contributed by atoms with Crippen LogP contribution in [0.4, 0.5) is 11.4 Å². The third-order valence-electron chi connectivity index (χ3n) is 5.79. The van der Waals surface area contributed by atoms with E-state index >= 15 is 0 Å². The molecule has 0 amide bonds. The number of nitrogens with two attached hydrogens (primary N) is 2. The minimum absolute atomic E-state index is 0.128. The maximum atomic E-state index is 6.95.